The van der Waals surface area contributed by atoms with E-state index in [4.69, 9.17) is 4.74 Å². The Morgan fingerprint density at radius 2 is 1.47 bits per heavy atom. The predicted molar refractivity (Wildman–Crippen MR) is 68.9 cm³/mol. The maximum atomic E-state index is 12.3. The summed E-state index contributed by atoms with van der Waals surface area (Å²) < 4.78 is 17.3. The summed E-state index contributed by atoms with van der Waals surface area (Å²) in [5.41, 5.74) is 1.96. The normalized spacial score (nSPS) is 9.18. The molecule has 0 atom stereocenters. The van der Waals surface area contributed by atoms with Gasteiger partial charge in [-0.25, -0.2) is 4.39 Å². The second-order valence-corrected chi connectivity index (χ2v) is 3.77. The van der Waals surface area contributed by atoms with E-state index >= 15 is 0 Å². The summed E-state index contributed by atoms with van der Waals surface area (Å²) in [5.74, 6) is 0.785. The van der Waals surface area contributed by atoms with E-state index in [-0.39, 0.29) is 5.82 Å². The fraction of sp³-hybridized carbons (Fsp3) is 0.200. The van der Waals surface area contributed by atoms with E-state index in [0.29, 0.717) is 5.56 Å². The Balaban J connectivity index is 0.000000171. The fourth-order valence-electron chi connectivity index (χ4n) is 1.23. The van der Waals surface area contributed by atoms with Crippen molar-refractivity contribution in [1.82, 2.24) is 0 Å². The third-order valence-corrected chi connectivity index (χ3v) is 2.33. The number of hydrogen-bond donors (Lipinski definition) is 0. The van der Waals surface area contributed by atoms with Crippen LogP contribution in [0.2, 0.25) is 0 Å². The minimum Gasteiger partial charge on any atom is -0.497 e. The molecule has 0 N–H and O–H groups in total. The lowest BCUT2D eigenvalue weighted by Gasteiger charge is -1.97. The Morgan fingerprint density at radius 1 is 0.882 bits per heavy atom. The second-order valence-electron chi connectivity index (χ2n) is 3.77. The average molecular weight is 232 g/mol. The van der Waals surface area contributed by atoms with Gasteiger partial charge >= 0.3 is 0 Å². The minimum absolute atomic E-state index is 0.132. The largest absolute Gasteiger partial charge is 0.497 e. The van der Waals surface area contributed by atoms with Crippen molar-refractivity contribution >= 4 is 0 Å². The zero-order valence-electron chi connectivity index (χ0n) is 10.4. The Bertz CT molecular complexity index is 428. The molecule has 2 aromatic rings. The first-order valence-electron chi connectivity index (χ1n) is 5.45. The van der Waals surface area contributed by atoms with Crippen molar-refractivity contribution in [2.45, 2.75) is 13.8 Å². The second kappa shape index (κ2) is 6.69. The first-order chi connectivity index (χ1) is 8.13. The monoisotopic (exact) mass is 232 g/mol. The summed E-state index contributed by atoms with van der Waals surface area (Å²) in [4.78, 5) is 0. The van der Waals surface area contributed by atoms with E-state index < -0.39 is 0 Å². The molecule has 1 nitrogen and oxygen atoms in total. The highest BCUT2D eigenvalue weighted by Gasteiger charge is 1.88. The maximum absolute atomic E-state index is 12.3. The first kappa shape index (κ1) is 13.2. The SMILES string of the molecule is COc1ccc(C)cc1.Cc1ccccc1F. The number of halogens is 1. The highest BCUT2D eigenvalue weighted by atomic mass is 19.1. The number of aryl methyl sites for hydroxylation is 2. The number of methoxy groups -OCH3 is 1. The molecule has 0 saturated carbocycles. The molecule has 0 unspecified atom stereocenters. The van der Waals surface area contributed by atoms with Crippen LogP contribution >= 0.6 is 0 Å². The Morgan fingerprint density at radius 3 is 1.88 bits per heavy atom. The minimum atomic E-state index is -0.132. The van der Waals surface area contributed by atoms with Gasteiger partial charge in [0.1, 0.15) is 11.6 Å². The van der Waals surface area contributed by atoms with E-state index in [9.17, 15) is 4.39 Å². The summed E-state index contributed by atoms with van der Waals surface area (Å²) in [6.45, 7) is 3.80. The number of hydrogen-bond acceptors (Lipinski definition) is 1. The predicted octanol–water partition coefficient (Wildman–Crippen LogP) is 4.14. The molecule has 0 heterocycles. The van der Waals surface area contributed by atoms with Gasteiger partial charge in [-0.05, 0) is 37.6 Å². The molecule has 0 aromatic heterocycles. The molecule has 0 radical (unpaired) electrons. The van der Waals surface area contributed by atoms with Gasteiger partial charge in [-0.1, -0.05) is 35.9 Å². The molecule has 0 fully saturated rings. The van der Waals surface area contributed by atoms with Gasteiger partial charge in [0.2, 0.25) is 0 Å². The summed E-state index contributed by atoms with van der Waals surface area (Å²) in [6.07, 6.45) is 0. The van der Waals surface area contributed by atoms with Crippen LogP contribution in [0.15, 0.2) is 48.5 Å². The van der Waals surface area contributed by atoms with Crippen LogP contribution in [0.3, 0.4) is 0 Å². The van der Waals surface area contributed by atoms with Crippen molar-refractivity contribution in [3.05, 3.63) is 65.5 Å². The molecule has 2 rings (SSSR count). The molecular formula is C15H17FO. The molecule has 0 aliphatic carbocycles. The topological polar surface area (TPSA) is 9.23 Å². The van der Waals surface area contributed by atoms with E-state index in [0.717, 1.165) is 5.75 Å². The van der Waals surface area contributed by atoms with E-state index in [1.807, 2.05) is 30.3 Å². The molecular weight excluding hydrogens is 215 g/mol. The van der Waals surface area contributed by atoms with Crippen molar-refractivity contribution in [2.24, 2.45) is 0 Å². The highest BCUT2D eigenvalue weighted by molar-refractivity contribution is 5.25. The third kappa shape index (κ3) is 4.68. The van der Waals surface area contributed by atoms with Gasteiger partial charge in [0.25, 0.3) is 0 Å². The summed E-state index contributed by atoms with van der Waals surface area (Å²) >= 11 is 0. The first-order valence-corrected chi connectivity index (χ1v) is 5.45. The van der Waals surface area contributed by atoms with Crippen LogP contribution in [0, 0.1) is 19.7 Å². The van der Waals surface area contributed by atoms with E-state index in [1.54, 1.807) is 26.2 Å². The smallest absolute Gasteiger partial charge is 0.126 e. The number of rotatable bonds is 1. The fourth-order valence-corrected chi connectivity index (χ4v) is 1.23. The van der Waals surface area contributed by atoms with E-state index in [2.05, 4.69) is 6.92 Å². The molecule has 0 amide bonds. The number of ether oxygens (including phenoxy) is 1. The van der Waals surface area contributed by atoms with Crippen LogP contribution in [-0.2, 0) is 0 Å². The highest BCUT2D eigenvalue weighted by Crippen LogP contribution is 2.09. The summed E-state index contributed by atoms with van der Waals surface area (Å²) in [6, 6.07) is 14.7. The van der Waals surface area contributed by atoms with Crippen LogP contribution in [-0.4, -0.2) is 7.11 Å². The quantitative estimate of drug-likeness (QED) is 0.718. The van der Waals surface area contributed by atoms with Gasteiger partial charge in [-0.2, -0.15) is 0 Å². The number of benzene rings is 2. The standard InChI is InChI=1S/C8H10O.C7H7F/c1-7-3-5-8(9-2)6-4-7;1-6-4-2-3-5-7(6)8/h3-6H,1-2H3;2-5H,1H3. The van der Waals surface area contributed by atoms with E-state index in [1.165, 1.54) is 11.6 Å². The molecule has 2 aromatic carbocycles. The van der Waals surface area contributed by atoms with Crippen molar-refractivity contribution < 1.29 is 9.13 Å². The lowest BCUT2D eigenvalue weighted by molar-refractivity contribution is 0.414. The molecule has 90 valence electrons. The van der Waals surface area contributed by atoms with Gasteiger partial charge < -0.3 is 4.74 Å². The molecule has 2 heteroatoms. The lowest BCUT2D eigenvalue weighted by atomic mass is 10.2. The van der Waals surface area contributed by atoms with Crippen LogP contribution in [0.1, 0.15) is 11.1 Å². The van der Waals surface area contributed by atoms with Crippen molar-refractivity contribution in [2.75, 3.05) is 7.11 Å². The molecule has 0 saturated heterocycles. The molecule has 0 aliphatic heterocycles. The zero-order chi connectivity index (χ0) is 12.7. The third-order valence-electron chi connectivity index (χ3n) is 2.33. The molecule has 0 spiro atoms. The van der Waals surface area contributed by atoms with Gasteiger partial charge in [0.05, 0.1) is 7.11 Å². The van der Waals surface area contributed by atoms with Crippen LogP contribution in [0.5, 0.6) is 5.75 Å². The van der Waals surface area contributed by atoms with Crippen molar-refractivity contribution in [3.8, 4) is 5.75 Å². The summed E-state index contributed by atoms with van der Waals surface area (Å²) in [7, 11) is 1.67. The maximum Gasteiger partial charge on any atom is 0.126 e. The van der Waals surface area contributed by atoms with Gasteiger partial charge in [0, 0.05) is 0 Å². The molecule has 17 heavy (non-hydrogen) atoms. The Hall–Kier alpha value is -1.83. The van der Waals surface area contributed by atoms with Gasteiger partial charge in [0.15, 0.2) is 0 Å². The molecule has 0 bridgehead atoms. The van der Waals surface area contributed by atoms with Crippen molar-refractivity contribution in [1.29, 1.82) is 0 Å². The van der Waals surface area contributed by atoms with Crippen molar-refractivity contribution in [3.63, 3.8) is 0 Å². The van der Waals surface area contributed by atoms with Crippen LogP contribution < -0.4 is 4.74 Å². The average Bonchev–Trinajstić information content (AvgIpc) is 2.35. The van der Waals surface area contributed by atoms with Gasteiger partial charge in [-0.3, -0.25) is 0 Å². The van der Waals surface area contributed by atoms with Gasteiger partial charge in [-0.15, -0.1) is 0 Å². The Kier molecular flexibility index (Phi) is 5.21. The zero-order valence-corrected chi connectivity index (χ0v) is 10.4. The lowest BCUT2D eigenvalue weighted by Crippen LogP contribution is -1.80. The Labute approximate surface area is 102 Å². The van der Waals surface area contributed by atoms with Crippen LogP contribution in [0.25, 0.3) is 0 Å². The molecule has 0 aliphatic rings. The van der Waals surface area contributed by atoms with Crippen LogP contribution in [0.4, 0.5) is 4.39 Å². The summed E-state index contributed by atoms with van der Waals surface area (Å²) in [5, 5.41) is 0.